The highest BCUT2D eigenvalue weighted by Crippen LogP contribution is 2.09. The Hall–Kier alpha value is -2.28. The molecular weight excluding hydrogens is 374 g/mol. The molecule has 0 fully saturated rings. The van der Waals surface area contributed by atoms with Gasteiger partial charge in [-0.25, -0.2) is 24.4 Å². The van der Waals surface area contributed by atoms with Gasteiger partial charge in [0.05, 0.1) is 25.4 Å². The highest BCUT2D eigenvalue weighted by molar-refractivity contribution is 7.85. The number of rotatable bonds is 7. The molecule has 13 heteroatoms. The molecule has 0 aliphatic carbocycles. The van der Waals surface area contributed by atoms with Crippen LogP contribution in [0.3, 0.4) is 0 Å². The van der Waals surface area contributed by atoms with E-state index in [0.717, 1.165) is 13.3 Å². The van der Waals surface area contributed by atoms with Crippen molar-refractivity contribution in [3.05, 3.63) is 0 Å². The van der Waals surface area contributed by atoms with Crippen molar-refractivity contribution in [2.24, 2.45) is 0 Å². The Morgan fingerprint density at radius 3 is 2.08 bits per heavy atom. The van der Waals surface area contributed by atoms with Gasteiger partial charge in [0.25, 0.3) is 10.1 Å². The van der Waals surface area contributed by atoms with Crippen LogP contribution in [0, 0.1) is 0 Å². The van der Waals surface area contributed by atoms with Gasteiger partial charge in [0.15, 0.2) is 0 Å². The molecular formula is C13H25N3O9S. The van der Waals surface area contributed by atoms with Crippen molar-refractivity contribution >= 4 is 28.4 Å². The predicted octanol–water partition coefficient (Wildman–Crippen LogP) is 0.751. The summed E-state index contributed by atoms with van der Waals surface area (Å²) in [7, 11) is -2.72. The molecule has 1 atom stereocenters. The number of carbonyl (C=O) groups excluding carboxylic acids is 1. The number of hydrogen-bond acceptors (Lipinski definition) is 7. The van der Waals surface area contributed by atoms with Crippen molar-refractivity contribution in [1.29, 1.82) is 0 Å². The van der Waals surface area contributed by atoms with E-state index >= 15 is 0 Å². The van der Waals surface area contributed by atoms with Crippen molar-refractivity contribution in [2.45, 2.75) is 38.8 Å². The second-order valence-corrected chi connectivity index (χ2v) is 7.97. The van der Waals surface area contributed by atoms with Crippen LogP contribution >= 0.6 is 0 Å². The fourth-order valence-corrected chi connectivity index (χ4v) is 2.06. The number of alkyl carbamates (subject to hydrolysis) is 1. The standard InChI is InChI=1S/C13H25N3O9S/c1-13(2,3)25-10(17)14-9(6-7-24-26(5,22)23)8-16(12(20)21)15(4)11(18)19/h9H,6-8H2,1-5H3,(H,14,17)(H,18,19)(H,20,21). The van der Waals surface area contributed by atoms with Gasteiger partial charge in [-0.3, -0.25) is 4.18 Å². The molecule has 0 aliphatic heterocycles. The summed E-state index contributed by atoms with van der Waals surface area (Å²) in [6.45, 7) is 4.05. The maximum atomic E-state index is 11.9. The molecule has 26 heavy (non-hydrogen) atoms. The molecule has 3 N–H and O–H groups in total. The third-order valence-electron chi connectivity index (χ3n) is 2.74. The van der Waals surface area contributed by atoms with Crippen molar-refractivity contribution < 1.29 is 41.9 Å². The molecule has 152 valence electrons. The lowest BCUT2D eigenvalue weighted by molar-refractivity contribution is 0.00845. The molecule has 0 aromatic rings. The van der Waals surface area contributed by atoms with E-state index in [0.29, 0.717) is 10.0 Å². The van der Waals surface area contributed by atoms with Crippen molar-refractivity contribution in [3.8, 4) is 0 Å². The molecule has 0 bridgehead atoms. The van der Waals surface area contributed by atoms with E-state index < -0.39 is 46.6 Å². The molecule has 3 amide bonds. The molecule has 0 rings (SSSR count). The fraction of sp³-hybridized carbons (Fsp3) is 0.769. The van der Waals surface area contributed by atoms with Crippen molar-refractivity contribution in [2.75, 3.05) is 26.5 Å². The van der Waals surface area contributed by atoms with Crippen LogP contribution in [0.4, 0.5) is 14.4 Å². The SMILES string of the molecule is CN(C(=O)O)N(CC(CCOS(C)(=O)=O)NC(=O)OC(C)(C)C)C(=O)O. The number of nitrogens with zero attached hydrogens (tertiary/aromatic N) is 2. The molecule has 0 saturated carbocycles. The van der Waals surface area contributed by atoms with Gasteiger partial charge in [0.2, 0.25) is 0 Å². The summed E-state index contributed by atoms with van der Waals surface area (Å²) in [5, 5.41) is 21.4. The largest absolute Gasteiger partial charge is 0.464 e. The minimum Gasteiger partial charge on any atom is -0.464 e. The molecule has 0 aromatic carbocycles. The second kappa shape index (κ2) is 9.43. The maximum Gasteiger partial charge on any atom is 0.426 e. The Labute approximate surface area is 151 Å². The normalized spacial score (nSPS) is 12.8. The van der Waals surface area contributed by atoms with Crippen LogP contribution in [-0.4, -0.2) is 85.0 Å². The molecule has 12 nitrogen and oxygen atoms in total. The maximum absolute atomic E-state index is 11.9. The van der Waals surface area contributed by atoms with Gasteiger partial charge in [0, 0.05) is 7.05 Å². The molecule has 0 radical (unpaired) electrons. The summed E-state index contributed by atoms with van der Waals surface area (Å²) in [4.78, 5) is 34.2. The molecule has 0 aliphatic rings. The minimum atomic E-state index is -3.73. The van der Waals surface area contributed by atoms with E-state index in [-0.39, 0.29) is 13.0 Å². The predicted molar refractivity (Wildman–Crippen MR) is 89.1 cm³/mol. The number of carboxylic acid groups (broad SMARTS) is 2. The summed E-state index contributed by atoms with van der Waals surface area (Å²) in [5.74, 6) is 0. The van der Waals surface area contributed by atoms with E-state index in [9.17, 15) is 22.8 Å². The number of ether oxygens (including phenoxy) is 1. The highest BCUT2D eigenvalue weighted by atomic mass is 32.2. The first-order valence-electron chi connectivity index (χ1n) is 7.43. The molecule has 0 saturated heterocycles. The lowest BCUT2D eigenvalue weighted by atomic mass is 10.2. The summed E-state index contributed by atoms with van der Waals surface area (Å²) in [6.07, 6.45) is -3.25. The average Bonchev–Trinajstić information content (AvgIpc) is 2.39. The first-order valence-corrected chi connectivity index (χ1v) is 9.25. The summed E-state index contributed by atoms with van der Waals surface area (Å²) >= 11 is 0. The van der Waals surface area contributed by atoms with Crippen LogP contribution in [0.5, 0.6) is 0 Å². The van der Waals surface area contributed by atoms with Gasteiger partial charge in [0.1, 0.15) is 5.60 Å². The van der Waals surface area contributed by atoms with Gasteiger partial charge < -0.3 is 20.3 Å². The van der Waals surface area contributed by atoms with Crippen LogP contribution < -0.4 is 5.32 Å². The lowest BCUT2D eigenvalue weighted by Crippen LogP contribution is -2.53. The van der Waals surface area contributed by atoms with E-state index in [1.165, 1.54) is 0 Å². The third-order valence-corrected chi connectivity index (χ3v) is 3.33. The van der Waals surface area contributed by atoms with Crippen LogP contribution in [-0.2, 0) is 19.0 Å². The highest BCUT2D eigenvalue weighted by Gasteiger charge is 2.27. The third kappa shape index (κ3) is 10.6. The smallest absolute Gasteiger partial charge is 0.426 e. The van der Waals surface area contributed by atoms with Gasteiger partial charge in [-0.15, -0.1) is 0 Å². The summed E-state index contributed by atoms with van der Waals surface area (Å²) in [5.41, 5.74) is -0.817. The van der Waals surface area contributed by atoms with E-state index in [4.69, 9.17) is 14.9 Å². The molecule has 0 aromatic heterocycles. The Bertz CT molecular complexity index is 615. The summed E-state index contributed by atoms with van der Waals surface area (Å²) in [6, 6.07) is -0.968. The van der Waals surface area contributed by atoms with Crippen LogP contribution in [0.15, 0.2) is 0 Å². The topological polar surface area (TPSA) is 163 Å². The monoisotopic (exact) mass is 399 g/mol. The zero-order valence-corrected chi connectivity index (χ0v) is 16.1. The Morgan fingerprint density at radius 1 is 1.15 bits per heavy atom. The van der Waals surface area contributed by atoms with Gasteiger partial charge in [-0.05, 0) is 27.2 Å². The van der Waals surface area contributed by atoms with Gasteiger partial charge in [-0.2, -0.15) is 8.42 Å². The first kappa shape index (κ1) is 23.7. The Morgan fingerprint density at radius 2 is 1.69 bits per heavy atom. The van der Waals surface area contributed by atoms with Gasteiger partial charge in [-0.1, -0.05) is 0 Å². The van der Waals surface area contributed by atoms with Gasteiger partial charge >= 0.3 is 18.3 Å². The van der Waals surface area contributed by atoms with E-state index in [1.54, 1.807) is 20.8 Å². The number of amides is 3. The van der Waals surface area contributed by atoms with Crippen LogP contribution in [0.2, 0.25) is 0 Å². The molecule has 0 heterocycles. The quantitative estimate of drug-likeness (QED) is 0.414. The zero-order valence-electron chi connectivity index (χ0n) is 15.3. The Kier molecular flexibility index (Phi) is 8.60. The van der Waals surface area contributed by atoms with E-state index in [1.807, 2.05) is 0 Å². The minimum absolute atomic E-state index is 0.108. The number of hydrazine groups is 1. The van der Waals surface area contributed by atoms with Crippen molar-refractivity contribution in [1.82, 2.24) is 15.3 Å². The van der Waals surface area contributed by atoms with Crippen LogP contribution in [0.25, 0.3) is 0 Å². The van der Waals surface area contributed by atoms with Crippen LogP contribution in [0.1, 0.15) is 27.2 Å². The number of nitrogens with one attached hydrogen (secondary N) is 1. The van der Waals surface area contributed by atoms with Crippen molar-refractivity contribution in [3.63, 3.8) is 0 Å². The first-order chi connectivity index (χ1) is 11.6. The lowest BCUT2D eigenvalue weighted by Gasteiger charge is -2.31. The second-order valence-electron chi connectivity index (χ2n) is 6.33. The number of hydrogen-bond donors (Lipinski definition) is 3. The molecule has 0 spiro atoms. The molecule has 1 unspecified atom stereocenters. The fourth-order valence-electron chi connectivity index (χ4n) is 1.67. The Balaban J connectivity index is 5.18. The average molecular weight is 399 g/mol. The summed E-state index contributed by atoms with van der Waals surface area (Å²) < 4.78 is 31.7. The number of carbonyl (C=O) groups is 3. The van der Waals surface area contributed by atoms with E-state index in [2.05, 4.69) is 9.50 Å². The zero-order chi connectivity index (χ0) is 20.7.